The summed E-state index contributed by atoms with van der Waals surface area (Å²) < 4.78 is 26.8. The number of hydrogen-bond acceptors (Lipinski definition) is 12. The summed E-state index contributed by atoms with van der Waals surface area (Å²) in [4.78, 5) is 11.9. The molecule has 12 nitrogen and oxygen atoms in total. The highest BCUT2D eigenvalue weighted by Crippen LogP contribution is 2.30. The van der Waals surface area contributed by atoms with Gasteiger partial charge in [-0.1, -0.05) is 0 Å². The van der Waals surface area contributed by atoms with Crippen LogP contribution in [0.4, 0.5) is 0 Å². The smallest absolute Gasteiger partial charge is 0.229 e. The second kappa shape index (κ2) is 10.4. The summed E-state index contributed by atoms with van der Waals surface area (Å²) in [5.74, 6) is 0.0878. The number of aliphatic hydroxyl groups is 6. The molecule has 0 saturated carbocycles. The maximum absolute atomic E-state index is 11.9. The molecule has 0 aliphatic carbocycles. The number of ether oxygens (including phenoxy) is 5. The van der Waals surface area contributed by atoms with Crippen LogP contribution in [0.15, 0.2) is 18.2 Å². The minimum atomic E-state index is -1.68. The van der Waals surface area contributed by atoms with Crippen LogP contribution in [-0.2, 0) is 14.2 Å². The fourth-order valence-electron chi connectivity index (χ4n) is 3.41. The van der Waals surface area contributed by atoms with Gasteiger partial charge in [0.2, 0.25) is 6.29 Å². The Balaban J connectivity index is 1.71. The van der Waals surface area contributed by atoms with Crippen LogP contribution < -0.4 is 9.47 Å². The highest BCUT2D eigenvalue weighted by molar-refractivity contribution is 5.97. The number of rotatable bonds is 7. The van der Waals surface area contributed by atoms with Gasteiger partial charge in [-0.3, -0.25) is 4.79 Å². The molecule has 2 heterocycles. The van der Waals surface area contributed by atoms with Crippen molar-refractivity contribution in [3.8, 4) is 11.5 Å². The van der Waals surface area contributed by atoms with Gasteiger partial charge in [-0.05, 0) is 19.1 Å². The molecule has 9 atom stereocenters. The molecule has 0 unspecified atom stereocenters. The molecule has 1 aromatic rings. The summed E-state index contributed by atoms with van der Waals surface area (Å²) in [7, 11) is 1.42. The largest absolute Gasteiger partial charge is 0.497 e. The average Bonchev–Trinajstić information content (AvgIpc) is 2.77. The Hall–Kier alpha value is -1.87. The van der Waals surface area contributed by atoms with Gasteiger partial charge in [0.1, 0.15) is 54.2 Å². The van der Waals surface area contributed by atoms with Crippen molar-refractivity contribution in [2.75, 3.05) is 20.3 Å². The summed E-state index contributed by atoms with van der Waals surface area (Å²) >= 11 is 0. The monoisotopic (exact) mass is 460 g/mol. The van der Waals surface area contributed by atoms with Crippen LogP contribution in [0.5, 0.6) is 11.5 Å². The first-order valence-electron chi connectivity index (χ1n) is 9.96. The van der Waals surface area contributed by atoms with E-state index < -0.39 is 61.9 Å². The molecular weight excluding hydrogens is 432 g/mol. The number of ketones is 1. The van der Waals surface area contributed by atoms with E-state index in [0.717, 1.165) is 0 Å². The van der Waals surface area contributed by atoms with Gasteiger partial charge in [-0.2, -0.15) is 0 Å². The first kappa shape index (κ1) is 24.8. The number of methoxy groups -OCH3 is 1. The summed E-state index contributed by atoms with van der Waals surface area (Å²) in [6, 6.07) is 4.44. The van der Waals surface area contributed by atoms with E-state index in [1.54, 1.807) is 6.07 Å². The van der Waals surface area contributed by atoms with E-state index in [0.29, 0.717) is 5.75 Å². The van der Waals surface area contributed by atoms with Gasteiger partial charge in [0.05, 0.1) is 25.9 Å². The molecule has 32 heavy (non-hydrogen) atoms. The third kappa shape index (κ3) is 5.20. The van der Waals surface area contributed by atoms with Gasteiger partial charge in [0, 0.05) is 6.07 Å². The van der Waals surface area contributed by atoms with Crippen molar-refractivity contribution in [2.24, 2.45) is 0 Å². The molecule has 1 aromatic carbocycles. The van der Waals surface area contributed by atoms with Gasteiger partial charge >= 0.3 is 0 Å². The number of Topliss-reactive ketones (excluding diaryl/α,β-unsaturated/α-hetero) is 1. The standard InChI is InChI=1S/C20H28O12/c1-8(21)10-4-3-9(28-2)5-12(10)31-20-18(27)16(25)15(24)13(32-20)7-30-19-17(26)14(23)11(22)6-29-19/h3-5,11,13-20,22-27H,6-7H2,1-2H3/t11-,13-,14-,15-,16+,17-,18-,19+,20-/m1/s1. The van der Waals surface area contributed by atoms with Crippen LogP contribution in [0.2, 0.25) is 0 Å². The molecular formula is C20H28O12. The molecule has 12 heteroatoms. The highest BCUT2D eigenvalue weighted by atomic mass is 16.7. The predicted octanol–water partition coefficient (Wildman–Crippen LogP) is -2.46. The normalized spacial score (nSPS) is 37.7. The Morgan fingerprint density at radius 1 is 1.00 bits per heavy atom. The molecule has 180 valence electrons. The zero-order valence-electron chi connectivity index (χ0n) is 17.5. The second-order valence-corrected chi connectivity index (χ2v) is 7.63. The number of carbonyl (C=O) groups is 1. The molecule has 0 bridgehead atoms. The lowest BCUT2D eigenvalue weighted by atomic mass is 9.99. The van der Waals surface area contributed by atoms with Gasteiger partial charge in [0.25, 0.3) is 0 Å². The van der Waals surface area contributed by atoms with Crippen LogP contribution in [0.25, 0.3) is 0 Å². The Bertz CT molecular complexity index is 788. The zero-order chi connectivity index (χ0) is 23.6. The van der Waals surface area contributed by atoms with E-state index in [1.165, 1.54) is 26.2 Å². The Labute approximate surface area is 183 Å². The Morgan fingerprint density at radius 3 is 2.34 bits per heavy atom. The Morgan fingerprint density at radius 2 is 1.69 bits per heavy atom. The van der Waals surface area contributed by atoms with E-state index in [4.69, 9.17) is 23.7 Å². The minimum absolute atomic E-state index is 0.0345. The first-order valence-corrected chi connectivity index (χ1v) is 9.96. The van der Waals surface area contributed by atoms with Crippen LogP contribution in [0, 0.1) is 0 Å². The van der Waals surface area contributed by atoms with Gasteiger partial charge in [0.15, 0.2) is 12.1 Å². The molecule has 2 saturated heterocycles. The van der Waals surface area contributed by atoms with Crippen molar-refractivity contribution < 1.29 is 59.1 Å². The Kier molecular flexibility index (Phi) is 8.03. The molecule has 2 aliphatic rings. The third-order valence-electron chi connectivity index (χ3n) is 5.36. The summed E-state index contributed by atoms with van der Waals surface area (Å²) in [6.07, 6.45) is -13.3. The predicted molar refractivity (Wildman–Crippen MR) is 104 cm³/mol. The van der Waals surface area contributed by atoms with E-state index in [-0.39, 0.29) is 23.7 Å². The lowest BCUT2D eigenvalue weighted by molar-refractivity contribution is -0.307. The van der Waals surface area contributed by atoms with E-state index in [9.17, 15) is 35.4 Å². The summed E-state index contributed by atoms with van der Waals surface area (Å²) in [5, 5.41) is 60.0. The maximum Gasteiger partial charge on any atom is 0.229 e. The van der Waals surface area contributed by atoms with Crippen molar-refractivity contribution in [1.82, 2.24) is 0 Å². The highest BCUT2D eigenvalue weighted by Gasteiger charge is 2.46. The van der Waals surface area contributed by atoms with Gasteiger partial charge < -0.3 is 54.3 Å². The molecule has 0 radical (unpaired) electrons. The first-order chi connectivity index (χ1) is 15.1. The van der Waals surface area contributed by atoms with Crippen molar-refractivity contribution in [2.45, 2.75) is 62.2 Å². The maximum atomic E-state index is 11.9. The summed E-state index contributed by atoms with van der Waals surface area (Å²) in [5.41, 5.74) is 0.182. The van der Waals surface area contributed by atoms with E-state index in [2.05, 4.69) is 0 Å². The van der Waals surface area contributed by atoms with Crippen molar-refractivity contribution >= 4 is 5.78 Å². The molecule has 0 amide bonds. The summed E-state index contributed by atoms with van der Waals surface area (Å²) in [6.45, 7) is 0.615. The molecule has 2 fully saturated rings. The number of aliphatic hydroxyl groups excluding tert-OH is 6. The van der Waals surface area contributed by atoms with Gasteiger partial charge in [-0.25, -0.2) is 0 Å². The molecule has 0 spiro atoms. The number of benzene rings is 1. The van der Waals surface area contributed by atoms with Crippen molar-refractivity contribution in [1.29, 1.82) is 0 Å². The van der Waals surface area contributed by atoms with Crippen molar-refractivity contribution in [3.05, 3.63) is 23.8 Å². The zero-order valence-corrected chi connectivity index (χ0v) is 17.5. The van der Waals surface area contributed by atoms with Crippen molar-refractivity contribution in [3.63, 3.8) is 0 Å². The van der Waals surface area contributed by atoms with E-state index in [1.807, 2.05) is 0 Å². The molecule has 3 rings (SSSR count). The SMILES string of the molecule is COc1ccc(C(C)=O)c(O[C@@H]2O[C@H](CO[C@@H]3OC[C@@H](O)[C@@H](O)[C@H]3O)[C@@H](O)[C@H](O)[C@H]2O)c1. The quantitative estimate of drug-likeness (QED) is 0.236. The van der Waals surface area contributed by atoms with Crippen LogP contribution in [0.3, 0.4) is 0 Å². The number of carbonyl (C=O) groups excluding carboxylic acids is 1. The molecule has 6 N–H and O–H groups in total. The molecule has 0 aromatic heterocycles. The lowest BCUT2D eigenvalue weighted by Crippen LogP contribution is -2.61. The molecule has 2 aliphatic heterocycles. The lowest BCUT2D eigenvalue weighted by Gasteiger charge is -2.41. The van der Waals surface area contributed by atoms with Crippen LogP contribution in [0.1, 0.15) is 17.3 Å². The minimum Gasteiger partial charge on any atom is -0.497 e. The van der Waals surface area contributed by atoms with Crippen LogP contribution in [-0.4, -0.2) is 112 Å². The third-order valence-corrected chi connectivity index (χ3v) is 5.36. The number of hydrogen-bond donors (Lipinski definition) is 6. The van der Waals surface area contributed by atoms with Gasteiger partial charge in [-0.15, -0.1) is 0 Å². The topological polar surface area (TPSA) is 185 Å². The van der Waals surface area contributed by atoms with E-state index >= 15 is 0 Å². The fraction of sp³-hybridized carbons (Fsp3) is 0.650. The second-order valence-electron chi connectivity index (χ2n) is 7.63. The van der Waals surface area contributed by atoms with Crippen LogP contribution >= 0.6 is 0 Å². The average molecular weight is 460 g/mol. The fourth-order valence-corrected chi connectivity index (χ4v) is 3.41.